The lowest BCUT2D eigenvalue weighted by Gasteiger charge is -2.12. The van der Waals surface area contributed by atoms with Crippen molar-refractivity contribution in [2.24, 2.45) is 0 Å². The number of carboxylic acid groups (broad SMARTS) is 1. The van der Waals surface area contributed by atoms with Gasteiger partial charge < -0.3 is 5.11 Å². The zero-order chi connectivity index (χ0) is 10.9. The summed E-state index contributed by atoms with van der Waals surface area (Å²) >= 11 is 0. The van der Waals surface area contributed by atoms with E-state index in [1.54, 1.807) is 0 Å². The van der Waals surface area contributed by atoms with E-state index in [1.165, 1.54) is 0 Å². The Bertz CT molecular complexity index is 391. The van der Waals surface area contributed by atoms with Crippen LogP contribution in [0.25, 0.3) is 0 Å². The Hall–Kier alpha value is -1.64. The predicted octanol–water partition coefficient (Wildman–Crippen LogP) is 1.76. The van der Waals surface area contributed by atoms with Crippen molar-refractivity contribution < 1.29 is 14.7 Å². The molecule has 2 rings (SSSR count). The van der Waals surface area contributed by atoms with Crippen LogP contribution in [0.15, 0.2) is 30.3 Å². The number of Topliss-reactive ketones (excluding diaryl/α,β-unsaturated/α-hetero) is 1. The Labute approximate surface area is 87.7 Å². The third kappa shape index (κ3) is 1.77. The Morgan fingerprint density at radius 1 is 1.20 bits per heavy atom. The maximum absolute atomic E-state index is 11.8. The minimum absolute atomic E-state index is 0.166. The molecule has 0 unspecified atom stereocenters. The Balaban J connectivity index is 2.21. The average Bonchev–Trinajstić information content (AvgIpc) is 2.99. The molecular formula is C12H12O3. The van der Waals surface area contributed by atoms with Gasteiger partial charge in [-0.05, 0) is 18.4 Å². The van der Waals surface area contributed by atoms with Crippen molar-refractivity contribution in [3.8, 4) is 0 Å². The van der Waals surface area contributed by atoms with Gasteiger partial charge in [-0.25, -0.2) is 0 Å². The highest BCUT2D eigenvalue weighted by atomic mass is 16.4. The summed E-state index contributed by atoms with van der Waals surface area (Å²) in [7, 11) is 0. The van der Waals surface area contributed by atoms with Gasteiger partial charge in [0, 0.05) is 0 Å². The number of aliphatic carboxylic acids is 1. The first-order chi connectivity index (χ1) is 7.15. The molecule has 15 heavy (non-hydrogen) atoms. The fourth-order valence-electron chi connectivity index (χ4n) is 1.92. The molecule has 0 spiro atoms. The molecule has 3 heteroatoms. The van der Waals surface area contributed by atoms with Gasteiger partial charge in [0.05, 0.1) is 5.41 Å². The van der Waals surface area contributed by atoms with Crippen molar-refractivity contribution in [2.75, 3.05) is 0 Å². The molecule has 0 amide bonds. The zero-order valence-corrected chi connectivity index (χ0v) is 8.27. The summed E-state index contributed by atoms with van der Waals surface area (Å²) < 4.78 is 0. The minimum atomic E-state index is -1.04. The fraction of sp³-hybridized carbons (Fsp3) is 0.333. The molecule has 1 aromatic carbocycles. The number of carbonyl (C=O) groups is 2. The standard InChI is InChI=1S/C12H12O3/c13-10(8-11(14)15)12(6-7-12)9-4-2-1-3-5-9/h1-5H,6-8H2,(H,14,15). The lowest BCUT2D eigenvalue weighted by molar-refractivity contribution is -0.140. The number of hydrogen-bond donors (Lipinski definition) is 1. The molecule has 0 aliphatic heterocycles. The molecule has 1 saturated carbocycles. The van der Waals surface area contributed by atoms with Crippen LogP contribution in [0.4, 0.5) is 0 Å². The molecule has 0 bridgehead atoms. The Morgan fingerprint density at radius 2 is 1.80 bits per heavy atom. The molecule has 3 nitrogen and oxygen atoms in total. The zero-order valence-electron chi connectivity index (χ0n) is 8.27. The van der Waals surface area contributed by atoms with E-state index in [1.807, 2.05) is 30.3 Å². The summed E-state index contributed by atoms with van der Waals surface area (Å²) in [6, 6.07) is 9.44. The number of hydrogen-bond acceptors (Lipinski definition) is 2. The third-order valence-electron chi connectivity index (χ3n) is 2.92. The van der Waals surface area contributed by atoms with E-state index >= 15 is 0 Å². The molecule has 78 valence electrons. The van der Waals surface area contributed by atoms with E-state index < -0.39 is 11.4 Å². The minimum Gasteiger partial charge on any atom is -0.481 e. The first-order valence-electron chi connectivity index (χ1n) is 4.96. The molecule has 0 heterocycles. The maximum atomic E-state index is 11.8. The second-order valence-electron chi connectivity index (χ2n) is 3.94. The number of ketones is 1. The van der Waals surface area contributed by atoms with Gasteiger partial charge in [0.15, 0.2) is 5.78 Å². The van der Waals surface area contributed by atoms with Crippen molar-refractivity contribution >= 4 is 11.8 Å². The van der Waals surface area contributed by atoms with Crippen molar-refractivity contribution in [1.82, 2.24) is 0 Å². The molecule has 0 aromatic heterocycles. The van der Waals surface area contributed by atoms with Crippen LogP contribution < -0.4 is 0 Å². The molecule has 0 radical (unpaired) electrons. The maximum Gasteiger partial charge on any atom is 0.310 e. The highest BCUT2D eigenvalue weighted by Gasteiger charge is 2.50. The predicted molar refractivity (Wildman–Crippen MR) is 54.6 cm³/mol. The van der Waals surface area contributed by atoms with Gasteiger partial charge in [0.25, 0.3) is 0 Å². The number of carbonyl (C=O) groups excluding carboxylic acids is 1. The van der Waals surface area contributed by atoms with Crippen LogP contribution in [0, 0.1) is 0 Å². The molecule has 1 aliphatic carbocycles. The number of benzene rings is 1. The fourth-order valence-corrected chi connectivity index (χ4v) is 1.92. The highest BCUT2D eigenvalue weighted by molar-refractivity contribution is 6.02. The van der Waals surface area contributed by atoms with Gasteiger partial charge in [0.2, 0.25) is 0 Å². The van der Waals surface area contributed by atoms with E-state index in [0.717, 1.165) is 18.4 Å². The summed E-state index contributed by atoms with van der Waals surface area (Å²) in [6.07, 6.45) is 1.20. The molecule has 1 N–H and O–H groups in total. The van der Waals surface area contributed by atoms with Crippen molar-refractivity contribution in [1.29, 1.82) is 0 Å². The van der Waals surface area contributed by atoms with Crippen LogP contribution in [0.3, 0.4) is 0 Å². The van der Waals surface area contributed by atoms with E-state index in [4.69, 9.17) is 5.11 Å². The van der Waals surface area contributed by atoms with E-state index in [0.29, 0.717) is 0 Å². The van der Waals surface area contributed by atoms with Gasteiger partial charge in [0.1, 0.15) is 6.42 Å². The van der Waals surface area contributed by atoms with Gasteiger partial charge >= 0.3 is 5.97 Å². The van der Waals surface area contributed by atoms with Crippen LogP contribution >= 0.6 is 0 Å². The highest BCUT2D eigenvalue weighted by Crippen LogP contribution is 2.49. The molecule has 1 aliphatic rings. The van der Waals surface area contributed by atoms with Crippen LogP contribution in [-0.4, -0.2) is 16.9 Å². The third-order valence-corrected chi connectivity index (χ3v) is 2.92. The van der Waals surface area contributed by atoms with Crippen LogP contribution in [0.5, 0.6) is 0 Å². The first kappa shape index (κ1) is 9.90. The van der Waals surface area contributed by atoms with Crippen molar-refractivity contribution in [3.05, 3.63) is 35.9 Å². The van der Waals surface area contributed by atoms with Gasteiger partial charge in [-0.15, -0.1) is 0 Å². The largest absolute Gasteiger partial charge is 0.481 e. The van der Waals surface area contributed by atoms with E-state index in [2.05, 4.69) is 0 Å². The second kappa shape index (κ2) is 3.50. The summed E-state index contributed by atoms with van der Waals surface area (Å²) in [5.74, 6) is -1.21. The quantitative estimate of drug-likeness (QED) is 0.760. The molecule has 1 aromatic rings. The first-order valence-corrected chi connectivity index (χ1v) is 4.96. The molecular weight excluding hydrogens is 192 g/mol. The number of rotatable bonds is 4. The average molecular weight is 204 g/mol. The van der Waals surface area contributed by atoms with E-state index in [9.17, 15) is 9.59 Å². The van der Waals surface area contributed by atoms with Crippen molar-refractivity contribution in [2.45, 2.75) is 24.7 Å². The molecule has 0 atom stereocenters. The van der Waals surface area contributed by atoms with Crippen LogP contribution in [0.1, 0.15) is 24.8 Å². The molecule has 0 saturated heterocycles. The molecule has 1 fully saturated rings. The van der Waals surface area contributed by atoms with Gasteiger partial charge in [-0.1, -0.05) is 30.3 Å². The second-order valence-corrected chi connectivity index (χ2v) is 3.94. The normalized spacial score (nSPS) is 17.1. The lowest BCUT2D eigenvalue weighted by atomic mass is 9.90. The summed E-state index contributed by atoms with van der Waals surface area (Å²) in [5.41, 5.74) is 0.468. The van der Waals surface area contributed by atoms with Crippen LogP contribution in [-0.2, 0) is 15.0 Å². The van der Waals surface area contributed by atoms with E-state index in [-0.39, 0.29) is 12.2 Å². The van der Waals surface area contributed by atoms with Gasteiger partial charge in [-0.2, -0.15) is 0 Å². The lowest BCUT2D eigenvalue weighted by Crippen LogP contribution is -2.23. The number of carboxylic acids is 1. The SMILES string of the molecule is O=C(O)CC(=O)C1(c2ccccc2)CC1. The summed E-state index contributed by atoms with van der Waals surface area (Å²) in [5, 5.41) is 8.60. The van der Waals surface area contributed by atoms with Crippen molar-refractivity contribution in [3.63, 3.8) is 0 Å². The smallest absolute Gasteiger partial charge is 0.310 e. The Morgan fingerprint density at radius 3 is 2.27 bits per heavy atom. The summed E-state index contributed by atoms with van der Waals surface area (Å²) in [6.45, 7) is 0. The topological polar surface area (TPSA) is 54.4 Å². The van der Waals surface area contributed by atoms with Gasteiger partial charge in [-0.3, -0.25) is 9.59 Å². The monoisotopic (exact) mass is 204 g/mol. The Kier molecular flexibility index (Phi) is 2.31. The van der Waals surface area contributed by atoms with Crippen LogP contribution in [0.2, 0.25) is 0 Å². The summed E-state index contributed by atoms with van der Waals surface area (Å²) in [4.78, 5) is 22.3.